The first kappa shape index (κ1) is 14.9. The number of hydrogen-bond acceptors (Lipinski definition) is 5. The van der Waals surface area contributed by atoms with Gasteiger partial charge in [-0.1, -0.05) is 30.3 Å². The number of anilines is 1. The van der Waals surface area contributed by atoms with Gasteiger partial charge in [0.2, 0.25) is 0 Å². The first-order valence-corrected chi connectivity index (χ1v) is 6.50. The lowest BCUT2D eigenvalue weighted by Crippen LogP contribution is -2.14. The van der Waals surface area contributed by atoms with Crippen LogP contribution < -0.4 is 10.5 Å². The topological polar surface area (TPSA) is 81.8 Å². The van der Waals surface area contributed by atoms with Crippen LogP contribution in [0.25, 0.3) is 0 Å². The van der Waals surface area contributed by atoms with Gasteiger partial charge in [0, 0.05) is 11.8 Å². The number of hydrogen-bond donors (Lipinski definition) is 2. The third-order valence-electron chi connectivity index (χ3n) is 2.82. The Kier molecular flexibility index (Phi) is 5.17. The number of benzene rings is 2. The van der Waals surface area contributed by atoms with E-state index >= 15 is 0 Å². The van der Waals surface area contributed by atoms with Crippen LogP contribution in [-0.4, -0.2) is 17.7 Å². The highest BCUT2D eigenvalue weighted by atomic mass is 16.6. The van der Waals surface area contributed by atoms with E-state index in [-0.39, 0.29) is 19.8 Å². The summed E-state index contributed by atoms with van der Waals surface area (Å²) in [7, 11) is 0. The summed E-state index contributed by atoms with van der Waals surface area (Å²) in [6, 6.07) is 14.0. The molecule has 2 aromatic carbocycles. The van der Waals surface area contributed by atoms with Gasteiger partial charge in [-0.15, -0.1) is 0 Å². The number of carbonyl (C=O) groups is 1. The van der Waals surface area contributed by atoms with Crippen molar-refractivity contribution in [2.24, 2.45) is 0 Å². The molecule has 2 aromatic rings. The molecule has 0 spiro atoms. The van der Waals surface area contributed by atoms with Gasteiger partial charge in [-0.05, 0) is 23.3 Å². The molecule has 0 aromatic heterocycles. The van der Waals surface area contributed by atoms with Crippen LogP contribution in [-0.2, 0) is 22.7 Å². The second kappa shape index (κ2) is 7.31. The summed E-state index contributed by atoms with van der Waals surface area (Å²) >= 11 is 0. The molecule has 3 N–H and O–H groups in total. The number of nitrogens with two attached hydrogens (primary N) is 1. The van der Waals surface area contributed by atoms with Crippen LogP contribution in [0.2, 0.25) is 0 Å². The second-order valence-corrected chi connectivity index (χ2v) is 4.50. The summed E-state index contributed by atoms with van der Waals surface area (Å²) in [5.41, 5.74) is 7.85. The fourth-order valence-corrected chi connectivity index (χ4v) is 1.69. The largest absolute Gasteiger partial charge is 0.482 e. The van der Waals surface area contributed by atoms with Gasteiger partial charge >= 0.3 is 5.97 Å². The van der Waals surface area contributed by atoms with E-state index < -0.39 is 5.97 Å². The van der Waals surface area contributed by atoms with Crippen LogP contribution in [0.1, 0.15) is 11.1 Å². The number of nitrogen functional groups attached to an aromatic ring is 1. The molecule has 0 aliphatic carbocycles. The molecule has 0 saturated heterocycles. The summed E-state index contributed by atoms with van der Waals surface area (Å²) in [5, 5.41) is 8.93. The Morgan fingerprint density at radius 3 is 2.48 bits per heavy atom. The molecule has 0 aliphatic heterocycles. The predicted octanol–water partition coefficient (Wildman–Crippen LogP) is 1.88. The van der Waals surface area contributed by atoms with Crippen molar-refractivity contribution < 1.29 is 19.4 Å². The molecule has 21 heavy (non-hydrogen) atoms. The van der Waals surface area contributed by atoms with Crippen molar-refractivity contribution in [2.75, 3.05) is 12.3 Å². The van der Waals surface area contributed by atoms with E-state index in [1.165, 1.54) is 0 Å². The SMILES string of the molecule is Nc1cccc(OCC(=O)OCc2ccc(CO)cc2)c1. The zero-order valence-corrected chi connectivity index (χ0v) is 11.5. The van der Waals surface area contributed by atoms with Crippen molar-refractivity contribution in [1.82, 2.24) is 0 Å². The number of carbonyl (C=O) groups excluding carboxylic acids is 1. The number of ether oxygens (including phenoxy) is 2. The summed E-state index contributed by atoms with van der Waals surface area (Å²) in [5.74, 6) is 0.0721. The minimum Gasteiger partial charge on any atom is -0.482 e. The average Bonchev–Trinajstić information content (AvgIpc) is 2.51. The molecule has 0 bridgehead atoms. The summed E-state index contributed by atoms with van der Waals surface area (Å²) in [4.78, 5) is 11.6. The minimum atomic E-state index is -0.455. The molecule has 0 fully saturated rings. The summed E-state index contributed by atoms with van der Waals surface area (Å²) in [6.45, 7) is -0.00286. The first-order valence-electron chi connectivity index (χ1n) is 6.50. The van der Waals surface area contributed by atoms with Gasteiger partial charge in [-0.2, -0.15) is 0 Å². The average molecular weight is 287 g/mol. The van der Waals surface area contributed by atoms with E-state index in [0.717, 1.165) is 11.1 Å². The minimum absolute atomic E-state index is 0.00584. The zero-order chi connectivity index (χ0) is 15.1. The third kappa shape index (κ3) is 4.81. The van der Waals surface area contributed by atoms with Crippen molar-refractivity contribution in [2.45, 2.75) is 13.2 Å². The van der Waals surface area contributed by atoms with Crippen LogP contribution in [0.15, 0.2) is 48.5 Å². The number of esters is 1. The van der Waals surface area contributed by atoms with Crippen molar-refractivity contribution in [1.29, 1.82) is 0 Å². The molecule has 5 heteroatoms. The summed E-state index contributed by atoms with van der Waals surface area (Å²) < 4.78 is 10.4. The van der Waals surface area contributed by atoms with Crippen molar-refractivity contribution >= 4 is 11.7 Å². The molecule has 110 valence electrons. The molecule has 0 saturated carbocycles. The molecule has 0 aliphatic rings. The van der Waals surface area contributed by atoms with Gasteiger partial charge in [0.1, 0.15) is 12.4 Å². The lowest BCUT2D eigenvalue weighted by Gasteiger charge is -2.08. The van der Waals surface area contributed by atoms with E-state index in [1.54, 1.807) is 48.5 Å². The highest BCUT2D eigenvalue weighted by molar-refractivity contribution is 5.71. The molecule has 0 unspecified atom stereocenters. The van der Waals surface area contributed by atoms with Gasteiger partial charge in [0.25, 0.3) is 0 Å². The first-order chi connectivity index (χ1) is 10.2. The van der Waals surface area contributed by atoms with Gasteiger partial charge in [-0.3, -0.25) is 0 Å². The standard InChI is InChI=1S/C16H17NO4/c17-14-2-1-3-15(8-14)20-11-16(19)21-10-13-6-4-12(9-18)5-7-13/h1-8,18H,9-11,17H2. The Bertz CT molecular complexity index is 595. The normalized spacial score (nSPS) is 10.1. The Morgan fingerprint density at radius 2 is 1.81 bits per heavy atom. The van der Waals surface area contributed by atoms with Crippen molar-refractivity contribution in [3.05, 3.63) is 59.7 Å². The lowest BCUT2D eigenvalue weighted by atomic mass is 10.1. The van der Waals surface area contributed by atoms with E-state index in [2.05, 4.69) is 0 Å². The highest BCUT2D eigenvalue weighted by Crippen LogP contribution is 2.14. The molecular weight excluding hydrogens is 270 g/mol. The molecule has 0 amide bonds. The Labute approximate surface area is 122 Å². The lowest BCUT2D eigenvalue weighted by molar-refractivity contribution is -0.147. The zero-order valence-electron chi connectivity index (χ0n) is 11.5. The van der Waals surface area contributed by atoms with Crippen molar-refractivity contribution in [3.63, 3.8) is 0 Å². The smallest absolute Gasteiger partial charge is 0.344 e. The van der Waals surface area contributed by atoms with Crippen LogP contribution in [0, 0.1) is 0 Å². The van der Waals surface area contributed by atoms with E-state index in [4.69, 9.17) is 20.3 Å². The fourth-order valence-electron chi connectivity index (χ4n) is 1.69. The second-order valence-electron chi connectivity index (χ2n) is 4.50. The van der Waals surface area contributed by atoms with Gasteiger partial charge < -0.3 is 20.3 Å². The Balaban J connectivity index is 1.76. The Morgan fingerprint density at radius 1 is 1.10 bits per heavy atom. The number of aliphatic hydroxyl groups is 1. The fraction of sp³-hybridized carbons (Fsp3) is 0.188. The molecule has 5 nitrogen and oxygen atoms in total. The Hall–Kier alpha value is -2.53. The van der Waals surface area contributed by atoms with Crippen molar-refractivity contribution in [3.8, 4) is 5.75 Å². The van der Waals surface area contributed by atoms with Crippen LogP contribution in [0.5, 0.6) is 5.75 Å². The van der Waals surface area contributed by atoms with E-state index in [0.29, 0.717) is 11.4 Å². The number of aliphatic hydroxyl groups excluding tert-OH is 1. The quantitative estimate of drug-likeness (QED) is 0.626. The maximum Gasteiger partial charge on any atom is 0.344 e. The van der Waals surface area contributed by atoms with Crippen LogP contribution in [0.3, 0.4) is 0 Å². The number of rotatable bonds is 6. The molecule has 2 rings (SSSR count). The monoisotopic (exact) mass is 287 g/mol. The van der Waals surface area contributed by atoms with E-state index in [9.17, 15) is 4.79 Å². The van der Waals surface area contributed by atoms with Gasteiger partial charge in [0.05, 0.1) is 6.61 Å². The maximum absolute atomic E-state index is 11.6. The van der Waals surface area contributed by atoms with Gasteiger partial charge in [0.15, 0.2) is 6.61 Å². The molecular formula is C16H17NO4. The summed E-state index contributed by atoms with van der Waals surface area (Å²) in [6.07, 6.45) is 0. The third-order valence-corrected chi connectivity index (χ3v) is 2.82. The molecule has 0 heterocycles. The van der Waals surface area contributed by atoms with Gasteiger partial charge in [-0.25, -0.2) is 4.79 Å². The maximum atomic E-state index is 11.6. The predicted molar refractivity (Wildman–Crippen MR) is 78.5 cm³/mol. The highest BCUT2D eigenvalue weighted by Gasteiger charge is 2.05. The van der Waals surface area contributed by atoms with Crippen LogP contribution in [0.4, 0.5) is 5.69 Å². The molecule has 0 radical (unpaired) electrons. The van der Waals surface area contributed by atoms with E-state index in [1.807, 2.05) is 0 Å². The van der Waals surface area contributed by atoms with Crippen LogP contribution >= 0.6 is 0 Å². The molecule has 0 atom stereocenters.